The van der Waals surface area contributed by atoms with Gasteiger partial charge in [-0.05, 0) is 24.3 Å². The van der Waals surface area contributed by atoms with Crippen LogP contribution >= 0.6 is 0 Å². The van der Waals surface area contributed by atoms with Crippen molar-refractivity contribution in [2.45, 2.75) is 0 Å². The van der Waals surface area contributed by atoms with Gasteiger partial charge < -0.3 is 16.0 Å². The molecule has 1 heterocycles. The molecule has 0 saturated carbocycles. The Labute approximate surface area is 121 Å². The minimum Gasteiger partial charge on any atom is -0.357 e. The zero-order valence-electron chi connectivity index (χ0n) is 11.4. The first-order chi connectivity index (χ1) is 10.1. The maximum absolute atomic E-state index is 13.7. The molecule has 3 N–H and O–H groups in total. The van der Waals surface area contributed by atoms with E-state index >= 15 is 0 Å². The maximum Gasteiger partial charge on any atom is 0.247 e. The number of nitrogens with one attached hydrogen (secondary N) is 3. The molecule has 108 valence electrons. The van der Waals surface area contributed by atoms with E-state index in [1.165, 1.54) is 6.08 Å². The van der Waals surface area contributed by atoms with E-state index < -0.39 is 5.82 Å². The topological polar surface area (TPSA) is 78.9 Å². The van der Waals surface area contributed by atoms with Gasteiger partial charge in [0.05, 0.1) is 6.20 Å². The van der Waals surface area contributed by atoms with Crippen LogP contribution in [-0.2, 0) is 4.79 Å². The Morgan fingerprint density at radius 2 is 2.14 bits per heavy atom. The molecule has 0 saturated heterocycles. The number of carbonyl (C=O) groups excluding carboxylic acids is 1. The number of halogens is 1. The van der Waals surface area contributed by atoms with Crippen molar-refractivity contribution in [3.05, 3.63) is 48.9 Å². The molecule has 1 amide bonds. The largest absolute Gasteiger partial charge is 0.357 e. The van der Waals surface area contributed by atoms with E-state index in [4.69, 9.17) is 0 Å². The highest BCUT2D eigenvalue weighted by atomic mass is 19.1. The molecule has 2 rings (SSSR count). The first-order valence-corrected chi connectivity index (χ1v) is 6.13. The van der Waals surface area contributed by atoms with E-state index in [0.29, 0.717) is 17.3 Å². The van der Waals surface area contributed by atoms with E-state index in [9.17, 15) is 9.18 Å². The van der Waals surface area contributed by atoms with Gasteiger partial charge in [-0.15, -0.1) is 0 Å². The molecule has 0 radical (unpaired) electrons. The van der Waals surface area contributed by atoms with E-state index in [2.05, 4.69) is 32.5 Å². The number of rotatable bonds is 5. The van der Waals surface area contributed by atoms with Crippen molar-refractivity contribution < 1.29 is 9.18 Å². The minimum absolute atomic E-state index is 0.0431. The number of hydrogen-bond acceptors (Lipinski definition) is 5. The first-order valence-electron chi connectivity index (χ1n) is 6.13. The Balaban J connectivity index is 2.21. The van der Waals surface area contributed by atoms with Gasteiger partial charge in [-0.25, -0.2) is 9.37 Å². The summed E-state index contributed by atoms with van der Waals surface area (Å²) in [5, 5.41) is 8.18. The number of anilines is 4. The average molecular weight is 287 g/mol. The van der Waals surface area contributed by atoms with Crippen LogP contribution in [0.15, 0.2) is 43.1 Å². The van der Waals surface area contributed by atoms with Crippen LogP contribution in [-0.4, -0.2) is 22.9 Å². The molecular formula is C14H14FN5O. The molecule has 0 aliphatic carbocycles. The van der Waals surface area contributed by atoms with E-state index in [-0.39, 0.29) is 11.7 Å². The Morgan fingerprint density at radius 1 is 1.38 bits per heavy atom. The lowest BCUT2D eigenvalue weighted by atomic mass is 10.2. The molecule has 1 aromatic carbocycles. The van der Waals surface area contributed by atoms with Crippen molar-refractivity contribution in [3.63, 3.8) is 0 Å². The minimum atomic E-state index is -0.575. The zero-order chi connectivity index (χ0) is 15.2. The predicted molar refractivity (Wildman–Crippen MR) is 80.1 cm³/mol. The van der Waals surface area contributed by atoms with Gasteiger partial charge in [-0.2, -0.15) is 4.98 Å². The third-order valence-electron chi connectivity index (χ3n) is 2.55. The number of benzene rings is 1. The SMILES string of the molecule is C=CC(=O)Nc1cccc(Nc2nc(NC)ncc2F)c1. The predicted octanol–water partition coefficient (Wildman–Crippen LogP) is 2.53. The second-order valence-electron chi connectivity index (χ2n) is 4.04. The fourth-order valence-corrected chi connectivity index (χ4v) is 1.58. The van der Waals surface area contributed by atoms with Crippen LogP contribution in [0.2, 0.25) is 0 Å². The van der Waals surface area contributed by atoms with E-state index in [1.54, 1.807) is 31.3 Å². The maximum atomic E-state index is 13.7. The van der Waals surface area contributed by atoms with Crippen LogP contribution in [0.25, 0.3) is 0 Å². The molecule has 7 heteroatoms. The van der Waals surface area contributed by atoms with Crippen molar-refractivity contribution in [1.29, 1.82) is 0 Å². The Morgan fingerprint density at radius 3 is 2.86 bits per heavy atom. The Kier molecular flexibility index (Phi) is 4.45. The van der Waals surface area contributed by atoms with Crippen molar-refractivity contribution in [1.82, 2.24) is 9.97 Å². The second kappa shape index (κ2) is 6.47. The van der Waals surface area contributed by atoms with Gasteiger partial charge in [0.25, 0.3) is 0 Å². The molecule has 0 spiro atoms. The smallest absolute Gasteiger partial charge is 0.247 e. The Bertz CT molecular complexity index is 674. The van der Waals surface area contributed by atoms with E-state index in [0.717, 1.165) is 6.20 Å². The first kappa shape index (κ1) is 14.4. The highest BCUT2D eigenvalue weighted by Crippen LogP contribution is 2.21. The quantitative estimate of drug-likeness (QED) is 0.736. The zero-order valence-corrected chi connectivity index (χ0v) is 11.4. The third-order valence-corrected chi connectivity index (χ3v) is 2.55. The summed E-state index contributed by atoms with van der Waals surface area (Å²) in [5.74, 6) is -0.552. The highest BCUT2D eigenvalue weighted by Gasteiger charge is 2.07. The summed E-state index contributed by atoms with van der Waals surface area (Å²) in [7, 11) is 1.64. The number of nitrogens with zero attached hydrogens (tertiary/aromatic N) is 2. The van der Waals surface area contributed by atoms with Crippen LogP contribution in [0.4, 0.5) is 27.5 Å². The number of aromatic nitrogens is 2. The number of carbonyl (C=O) groups is 1. The van der Waals surface area contributed by atoms with Gasteiger partial charge in [0.2, 0.25) is 11.9 Å². The highest BCUT2D eigenvalue weighted by molar-refractivity contribution is 5.99. The van der Waals surface area contributed by atoms with Gasteiger partial charge in [0.15, 0.2) is 11.6 Å². The lowest BCUT2D eigenvalue weighted by Crippen LogP contribution is -2.07. The summed E-state index contributed by atoms with van der Waals surface area (Å²) in [5.41, 5.74) is 1.14. The van der Waals surface area contributed by atoms with Gasteiger partial charge in [-0.3, -0.25) is 4.79 Å². The molecule has 0 aliphatic heterocycles. The van der Waals surface area contributed by atoms with Gasteiger partial charge >= 0.3 is 0 Å². The van der Waals surface area contributed by atoms with Crippen molar-refractivity contribution in [2.24, 2.45) is 0 Å². The summed E-state index contributed by atoms with van der Waals surface area (Å²) in [6.07, 6.45) is 2.24. The monoisotopic (exact) mass is 287 g/mol. The molecule has 0 atom stereocenters. The standard InChI is InChI=1S/C14H14FN5O/c1-3-12(21)18-9-5-4-6-10(7-9)19-13-11(15)8-17-14(16-2)20-13/h3-8H,1H2,2H3,(H,18,21)(H2,16,17,19,20). The summed E-state index contributed by atoms with van der Waals surface area (Å²) < 4.78 is 13.7. The number of amides is 1. The molecule has 0 aliphatic rings. The fourth-order valence-electron chi connectivity index (χ4n) is 1.58. The van der Waals surface area contributed by atoms with Gasteiger partial charge in [0, 0.05) is 18.4 Å². The molecule has 0 fully saturated rings. The van der Waals surface area contributed by atoms with Gasteiger partial charge in [-0.1, -0.05) is 12.6 Å². The van der Waals surface area contributed by atoms with Crippen LogP contribution < -0.4 is 16.0 Å². The molecule has 0 bridgehead atoms. The lowest BCUT2D eigenvalue weighted by Gasteiger charge is -2.09. The summed E-state index contributed by atoms with van der Waals surface area (Å²) in [6, 6.07) is 6.81. The van der Waals surface area contributed by atoms with Gasteiger partial charge in [0.1, 0.15) is 0 Å². The summed E-state index contributed by atoms with van der Waals surface area (Å²) >= 11 is 0. The van der Waals surface area contributed by atoms with Crippen LogP contribution in [0.3, 0.4) is 0 Å². The molecule has 6 nitrogen and oxygen atoms in total. The van der Waals surface area contributed by atoms with Crippen LogP contribution in [0.5, 0.6) is 0 Å². The second-order valence-corrected chi connectivity index (χ2v) is 4.04. The van der Waals surface area contributed by atoms with Crippen LogP contribution in [0, 0.1) is 5.82 Å². The van der Waals surface area contributed by atoms with Crippen molar-refractivity contribution in [2.75, 3.05) is 23.0 Å². The molecular weight excluding hydrogens is 273 g/mol. The Hall–Kier alpha value is -2.96. The lowest BCUT2D eigenvalue weighted by molar-refractivity contribution is -0.111. The molecule has 21 heavy (non-hydrogen) atoms. The average Bonchev–Trinajstić information content (AvgIpc) is 2.49. The van der Waals surface area contributed by atoms with Crippen molar-refractivity contribution in [3.8, 4) is 0 Å². The summed E-state index contributed by atoms with van der Waals surface area (Å²) in [6.45, 7) is 3.38. The van der Waals surface area contributed by atoms with Crippen LogP contribution in [0.1, 0.15) is 0 Å². The molecule has 1 aromatic heterocycles. The molecule has 0 unspecified atom stereocenters. The fraction of sp³-hybridized carbons (Fsp3) is 0.0714. The normalized spacial score (nSPS) is 9.81. The third kappa shape index (κ3) is 3.75. The van der Waals surface area contributed by atoms with Crippen molar-refractivity contribution >= 4 is 29.0 Å². The molecule has 2 aromatic rings. The number of hydrogen-bond donors (Lipinski definition) is 3. The van der Waals surface area contributed by atoms with E-state index in [1.807, 2.05) is 0 Å². The summed E-state index contributed by atoms with van der Waals surface area (Å²) in [4.78, 5) is 19.0.